The molecule has 1 saturated heterocycles. The van der Waals surface area contributed by atoms with Crippen LogP contribution < -0.4 is 25.8 Å². The quantitative estimate of drug-likeness (QED) is 0.373. The fourth-order valence-corrected chi connectivity index (χ4v) is 2.33. The summed E-state index contributed by atoms with van der Waals surface area (Å²) in [4.78, 5) is 15.6. The predicted molar refractivity (Wildman–Crippen MR) is 101 cm³/mol. The molecule has 1 aliphatic heterocycles. The highest BCUT2D eigenvalue weighted by Gasteiger charge is 2.17. The molecule has 0 saturated carbocycles. The summed E-state index contributed by atoms with van der Waals surface area (Å²) >= 11 is 0. The number of carbonyl (C=O) groups excluding carboxylic acids is 1. The van der Waals surface area contributed by atoms with E-state index in [0.29, 0.717) is 30.4 Å². The number of hydrogen-bond donors (Lipinski definition) is 3. The summed E-state index contributed by atoms with van der Waals surface area (Å²) in [5.74, 6) is 1.64. The molecule has 4 N–H and O–H groups in total. The van der Waals surface area contributed by atoms with Crippen LogP contribution in [0, 0.1) is 0 Å². The van der Waals surface area contributed by atoms with Crippen LogP contribution in [0.3, 0.4) is 0 Å². The van der Waals surface area contributed by atoms with E-state index in [1.807, 2.05) is 6.07 Å². The van der Waals surface area contributed by atoms with Gasteiger partial charge >= 0.3 is 0 Å². The Kier molecular flexibility index (Phi) is 7.93. The number of methoxy groups -OCH3 is 2. The van der Waals surface area contributed by atoms with Crippen LogP contribution in [0.25, 0.3) is 0 Å². The van der Waals surface area contributed by atoms with E-state index in [0.717, 1.165) is 18.5 Å². The Hall–Kier alpha value is -1.71. The molecule has 0 radical (unpaired) electrons. The number of rotatable bonds is 5. The first-order valence-corrected chi connectivity index (χ1v) is 7.20. The van der Waals surface area contributed by atoms with Gasteiger partial charge < -0.3 is 25.8 Å². The topological polar surface area (TPSA) is 98.0 Å². The maximum atomic E-state index is 11.3. The molecule has 1 atom stereocenters. The zero-order valence-corrected chi connectivity index (χ0v) is 15.6. The van der Waals surface area contributed by atoms with Crippen molar-refractivity contribution in [2.75, 3.05) is 26.1 Å². The van der Waals surface area contributed by atoms with Gasteiger partial charge in [-0.1, -0.05) is 0 Å². The lowest BCUT2D eigenvalue weighted by atomic mass is 10.0. The van der Waals surface area contributed by atoms with Gasteiger partial charge in [0.25, 0.3) is 0 Å². The molecular weight excluding hydrogens is 411 g/mol. The van der Waals surface area contributed by atoms with Crippen LogP contribution in [0.4, 0.5) is 5.69 Å². The van der Waals surface area contributed by atoms with Crippen molar-refractivity contribution in [2.24, 2.45) is 10.7 Å². The highest BCUT2D eigenvalue weighted by Crippen LogP contribution is 2.29. The predicted octanol–water partition coefficient (Wildman–Crippen LogP) is 1.72. The number of guanidine groups is 1. The summed E-state index contributed by atoms with van der Waals surface area (Å²) < 4.78 is 10.4. The van der Waals surface area contributed by atoms with Crippen molar-refractivity contribution in [3.63, 3.8) is 0 Å². The molecule has 8 heteroatoms. The molecule has 1 unspecified atom stereocenters. The third-order valence-electron chi connectivity index (χ3n) is 3.46. The summed E-state index contributed by atoms with van der Waals surface area (Å²) in [6, 6.07) is 5.46. The van der Waals surface area contributed by atoms with Gasteiger partial charge in [0, 0.05) is 24.2 Å². The van der Waals surface area contributed by atoms with Crippen LogP contribution in [0.2, 0.25) is 0 Å². The van der Waals surface area contributed by atoms with Crippen molar-refractivity contribution in [1.82, 2.24) is 5.32 Å². The molecule has 1 heterocycles. The van der Waals surface area contributed by atoms with Crippen molar-refractivity contribution < 1.29 is 14.3 Å². The molecule has 2 rings (SSSR count). The standard InChI is InChI=1S/C15H22N4O3.HI/c1-21-12-7-6-10(8-13(12)22-2)19-15(16)17-9-11-4-3-5-14(20)18-11;/h6-8,11H,3-5,9H2,1-2H3,(H,18,20)(H3,16,17,19);1H. The van der Waals surface area contributed by atoms with Crippen LogP contribution >= 0.6 is 24.0 Å². The molecule has 0 aromatic heterocycles. The zero-order chi connectivity index (χ0) is 15.9. The largest absolute Gasteiger partial charge is 0.493 e. The lowest BCUT2D eigenvalue weighted by Crippen LogP contribution is -2.41. The number of benzene rings is 1. The number of carbonyl (C=O) groups is 1. The number of piperidine rings is 1. The fourth-order valence-electron chi connectivity index (χ4n) is 2.33. The number of halogens is 1. The number of amides is 1. The number of nitrogens with zero attached hydrogens (tertiary/aromatic N) is 1. The Morgan fingerprint density at radius 1 is 1.39 bits per heavy atom. The Labute approximate surface area is 153 Å². The third kappa shape index (κ3) is 5.77. The van der Waals surface area contributed by atoms with E-state index < -0.39 is 0 Å². The summed E-state index contributed by atoms with van der Waals surface area (Å²) in [6.07, 6.45) is 2.42. The average molecular weight is 434 g/mol. The van der Waals surface area contributed by atoms with Gasteiger partial charge in [0.2, 0.25) is 5.91 Å². The first-order valence-electron chi connectivity index (χ1n) is 7.20. The number of aliphatic imine (C=N–C) groups is 1. The molecule has 1 aliphatic rings. The second kappa shape index (κ2) is 9.43. The SMILES string of the molecule is COc1ccc(NC(N)=NCC2CCCC(=O)N2)cc1OC.I. The lowest BCUT2D eigenvalue weighted by Gasteiger charge is -2.21. The fraction of sp³-hybridized carbons (Fsp3) is 0.467. The van der Waals surface area contributed by atoms with Crippen molar-refractivity contribution in [2.45, 2.75) is 25.3 Å². The second-order valence-corrected chi connectivity index (χ2v) is 5.08. The number of nitrogens with one attached hydrogen (secondary N) is 2. The Balaban J connectivity index is 0.00000264. The minimum atomic E-state index is 0. The molecule has 128 valence electrons. The molecule has 7 nitrogen and oxygen atoms in total. The van der Waals surface area contributed by atoms with Gasteiger partial charge in [-0.25, -0.2) is 0 Å². The molecule has 0 aliphatic carbocycles. The van der Waals surface area contributed by atoms with Crippen molar-refractivity contribution in [3.05, 3.63) is 18.2 Å². The van der Waals surface area contributed by atoms with Gasteiger partial charge in [-0.2, -0.15) is 0 Å². The van der Waals surface area contributed by atoms with Gasteiger partial charge in [0.15, 0.2) is 17.5 Å². The average Bonchev–Trinajstić information content (AvgIpc) is 2.53. The van der Waals surface area contributed by atoms with E-state index in [1.54, 1.807) is 26.4 Å². The Morgan fingerprint density at radius 3 is 2.78 bits per heavy atom. The monoisotopic (exact) mass is 434 g/mol. The molecule has 1 aromatic rings. The second-order valence-electron chi connectivity index (χ2n) is 5.08. The molecule has 1 amide bonds. The number of nitrogens with two attached hydrogens (primary N) is 1. The van der Waals surface area contributed by atoms with E-state index in [9.17, 15) is 4.79 Å². The van der Waals surface area contributed by atoms with Gasteiger partial charge in [-0.05, 0) is 25.0 Å². The third-order valence-corrected chi connectivity index (χ3v) is 3.46. The smallest absolute Gasteiger partial charge is 0.220 e. The lowest BCUT2D eigenvalue weighted by molar-refractivity contribution is -0.123. The molecule has 23 heavy (non-hydrogen) atoms. The van der Waals surface area contributed by atoms with Crippen LogP contribution in [0.1, 0.15) is 19.3 Å². The molecule has 1 aromatic carbocycles. The Morgan fingerprint density at radius 2 is 2.13 bits per heavy atom. The minimum absolute atomic E-state index is 0. The van der Waals surface area contributed by atoms with Gasteiger partial charge in [0.05, 0.1) is 20.8 Å². The highest BCUT2D eigenvalue weighted by molar-refractivity contribution is 14.0. The molecule has 0 bridgehead atoms. The maximum Gasteiger partial charge on any atom is 0.220 e. The van der Waals surface area contributed by atoms with Crippen molar-refractivity contribution >= 4 is 41.5 Å². The zero-order valence-electron chi connectivity index (χ0n) is 13.3. The first-order chi connectivity index (χ1) is 10.6. The van der Waals surface area contributed by atoms with E-state index in [4.69, 9.17) is 15.2 Å². The van der Waals surface area contributed by atoms with Gasteiger partial charge in [-0.3, -0.25) is 9.79 Å². The maximum absolute atomic E-state index is 11.3. The van der Waals surface area contributed by atoms with E-state index >= 15 is 0 Å². The van der Waals surface area contributed by atoms with Crippen LogP contribution in [-0.2, 0) is 4.79 Å². The number of anilines is 1. The van der Waals surface area contributed by atoms with E-state index in [1.165, 1.54) is 0 Å². The number of ether oxygens (including phenoxy) is 2. The van der Waals surface area contributed by atoms with Crippen LogP contribution in [0.5, 0.6) is 11.5 Å². The van der Waals surface area contributed by atoms with Crippen molar-refractivity contribution in [3.8, 4) is 11.5 Å². The summed E-state index contributed by atoms with van der Waals surface area (Å²) in [7, 11) is 3.16. The summed E-state index contributed by atoms with van der Waals surface area (Å²) in [5, 5.41) is 5.90. The highest BCUT2D eigenvalue weighted by atomic mass is 127. The summed E-state index contributed by atoms with van der Waals surface area (Å²) in [5.41, 5.74) is 6.63. The van der Waals surface area contributed by atoms with Crippen LogP contribution in [0.15, 0.2) is 23.2 Å². The minimum Gasteiger partial charge on any atom is -0.493 e. The molecule has 1 fully saturated rings. The van der Waals surface area contributed by atoms with Gasteiger partial charge in [-0.15, -0.1) is 24.0 Å². The van der Waals surface area contributed by atoms with E-state index in [-0.39, 0.29) is 35.9 Å². The molecular formula is C15H23IN4O3. The molecule has 0 spiro atoms. The van der Waals surface area contributed by atoms with E-state index in [2.05, 4.69) is 15.6 Å². The Bertz CT molecular complexity index is 566. The van der Waals surface area contributed by atoms with Crippen molar-refractivity contribution in [1.29, 1.82) is 0 Å². The van der Waals surface area contributed by atoms with Crippen LogP contribution in [-0.4, -0.2) is 38.7 Å². The normalized spacial score (nSPS) is 17.7. The number of hydrogen-bond acceptors (Lipinski definition) is 4. The summed E-state index contributed by atoms with van der Waals surface area (Å²) in [6.45, 7) is 0.470. The van der Waals surface area contributed by atoms with Gasteiger partial charge in [0.1, 0.15) is 0 Å². The first kappa shape index (κ1) is 19.3.